The first kappa shape index (κ1) is 16.8. The van der Waals surface area contributed by atoms with Gasteiger partial charge in [0.2, 0.25) is 0 Å². The van der Waals surface area contributed by atoms with Crippen LogP contribution in [0.25, 0.3) is 0 Å². The minimum atomic E-state index is -0.847. The van der Waals surface area contributed by atoms with Crippen molar-refractivity contribution in [2.45, 2.75) is 6.42 Å². The molecule has 1 unspecified atom stereocenters. The van der Waals surface area contributed by atoms with Gasteiger partial charge < -0.3 is 20.1 Å². The van der Waals surface area contributed by atoms with E-state index in [4.69, 9.17) is 9.84 Å². The lowest BCUT2D eigenvalue weighted by Gasteiger charge is -2.19. The van der Waals surface area contributed by atoms with Crippen LogP contribution < -0.4 is 10.1 Å². The van der Waals surface area contributed by atoms with Gasteiger partial charge in [-0.05, 0) is 42.8 Å². The number of anilines is 2. The summed E-state index contributed by atoms with van der Waals surface area (Å²) in [5.41, 5.74) is 2.06. The summed E-state index contributed by atoms with van der Waals surface area (Å²) in [5.74, 6) is -0.724. The highest BCUT2D eigenvalue weighted by Crippen LogP contribution is 2.26. The third-order valence-electron chi connectivity index (χ3n) is 4.35. The Morgan fingerprint density at radius 1 is 1.16 bits per heavy atom. The zero-order valence-corrected chi connectivity index (χ0v) is 13.9. The number of para-hydroxylation sites is 1. The van der Waals surface area contributed by atoms with E-state index in [1.54, 1.807) is 24.1 Å². The minimum absolute atomic E-state index is 0.152. The van der Waals surface area contributed by atoms with Crippen molar-refractivity contribution in [3.63, 3.8) is 0 Å². The van der Waals surface area contributed by atoms with E-state index in [1.807, 2.05) is 36.4 Å². The summed E-state index contributed by atoms with van der Waals surface area (Å²) in [6.45, 7) is 0.720. The highest BCUT2D eigenvalue weighted by molar-refractivity contribution is 6.00. The van der Waals surface area contributed by atoms with Gasteiger partial charge in [0.25, 0.3) is 5.91 Å². The van der Waals surface area contributed by atoms with Crippen molar-refractivity contribution in [2.75, 3.05) is 25.5 Å². The molecule has 1 saturated heterocycles. The van der Waals surface area contributed by atoms with Crippen molar-refractivity contribution >= 4 is 23.3 Å². The molecule has 0 aliphatic carbocycles. The number of likely N-dealkylation sites (tertiary alicyclic amines) is 1. The van der Waals surface area contributed by atoms with Gasteiger partial charge in [-0.2, -0.15) is 0 Å². The number of aliphatic carboxylic acids is 1. The minimum Gasteiger partial charge on any atom is -0.497 e. The number of carbonyl (C=O) groups excluding carboxylic acids is 1. The maximum Gasteiger partial charge on any atom is 0.308 e. The normalized spacial score (nSPS) is 16.5. The topological polar surface area (TPSA) is 78.9 Å². The average molecular weight is 340 g/mol. The van der Waals surface area contributed by atoms with Gasteiger partial charge in [-0.3, -0.25) is 9.59 Å². The van der Waals surface area contributed by atoms with Crippen LogP contribution in [0, 0.1) is 5.92 Å². The highest BCUT2D eigenvalue weighted by Gasteiger charge is 2.31. The number of rotatable bonds is 5. The van der Waals surface area contributed by atoms with Crippen LogP contribution >= 0.6 is 0 Å². The van der Waals surface area contributed by atoms with Crippen LogP contribution in [0.4, 0.5) is 11.4 Å². The number of methoxy groups -OCH3 is 1. The van der Waals surface area contributed by atoms with Gasteiger partial charge in [0, 0.05) is 18.8 Å². The molecule has 0 spiro atoms. The summed E-state index contributed by atoms with van der Waals surface area (Å²) in [6, 6.07) is 14.7. The predicted octanol–water partition coefficient (Wildman–Crippen LogP) is 2.99. The second kappa shape index (κ2) is 7.25. The van der Waals surface area contributed by atoms with Gasteiger partial charge in [0.05, 0.1) is 24.3 Å². The maximum atomic E-state index is 12.8. The second-order valence-corrected chi connectivity index (χ2v) is 5.97. The molecule has 3 rings (SSSR count). The lowest BCUT2D eigenvalue weighted by Crippen LogP contribution is -2.30. The Hall–Kier alpha value is -3.02. The molecule has 130 valence electrons. The smallest absolute Gasteiger partial charge is 0.308 e. The number of nitrogens with one attached hydrogen (secondary N) is 1. The first-order valence-corrected chi connectivity index (χ1v) is 8.10. The maximum absolute atomic E-state index is 12.8. The third-order valence-corrected chi connectivity index (χ3v) is 4.35. The molecule has 25 heavy (non-hydrogen) atoms. The number of carbonyl (C=O) groups is 2. The van der Waals surface area contributed by atoms with Crippen LogP contribution in [-0.4, -0.2) is 42.1 Å². The lowest BCUT2D eigenvalue weighted by molar-refractivity contribution is -0.141. The van der Waals surface area contributed by atoms with Crippen molar-refractivity contribution in [1.82, 2.24) is 4.90 Å². The summed E-state index contributed by atoms with van der Waals surface area (Å²) in [4.78, 5) is 25.5. The summed E-state index contributed by atoms with van der Waals surface area (Å²) >= 11 is 0. The Kier molecular flexibility index (Phi) is 4.88. The zero-order chi connectivity index (χ0) is 17.8. The monoisotopic (exact) mass is 340 g/mol. The molecule has 0 saturated carbocycles. The molecule has 2 N–H and O–H groups in total. The number of ether oxygens (including phenoxy) is 1. The molecule has 1 heterocycles. The van der Waals surface area contributed by atoms with E-state index in [2.05, 4.69) is 5.32 Å². The zero-order valence-electron chi connectivity index (χ0n) is 13.9. The third kappa shape index (κ3) is 3.74. The Morgan fingerprint density at radius 2 is 1.88 bits per heavy atom. The van der Waals surface area contributed by atoms with Crippen molar-refractivity contribution in [3.8, 4) is 5.75 Å². The lowest BCUT2D eigenvalue weighted by atomic mass is 10.1. The van der Waals surface area contributed by atoms with E-state index in [0.717, 1.165) is 11.4 Å². The number of carboxylic acid groups (broad SMARTS) is 1. The van der Waals surface area contributed by atoms with Gasteiger partial charge in [-0.25, -0.2) is 0 Å². The van der Waals surface area contributed by atoms with Gasteiger partial charge in [0.1, 0.15) is 5.75 Å². The van der Waals surface area contributed by atoms with Crippen LogP contribution in [0.15, 0.2) is 48.5 Å². The molecule has 2 aromatic rings. The average Bonchev–Trinajstić information content (AvgIpc) is 3.13. The molecule has 1 aliphatic rings. The number of amides is 1. The highest BCUT2D eigenvalue weighted by atomic mass is 16.5. The van der Waals surface area contributed by atoms with Crippen molar-refractivity contribution in [3.05, 3.63) is 54.1 Å². The van der Waals surface area contributed by atoms with Gasteiger partial charge in [-0.1, -0.05) is 12.1 Å². The molecule has 2 aromatic carbocycles. The summed E-state index contributed by atoms with van der Waals surface area (Å²) < 4.78 is 5.14. The summed E-state index contributed by atoms with van der Waals surface area (Å²) in [7, 11) is 1.61. The van der Waals surface area contributed by atoms with Crippen molar-refractivity contribution < 1.29 is 19.4 Å². The fourth-order valence-corrected chi connectivity index (χ4v) is 2.93. The number of carboxylic acids is 1. The predicted molar refractivity (Wildman–Crippen MR) is 94.4 cm³/mol. The van der Waals surface area contributed by atoms with Gasteiger partial charge in [-0.15, -0.1) is 0 Å². The fourth-order valence-electron chi connectivity index (χ4n) is 2.93. The quantitative estimate of drug-likeness (QED) is 0.875. The van der Waals surface area contributed by atoms with Crippen LogP contribution in [0.1, 0.15) is 16.8 Å². The molecule has 6 nitrogen and oxygen atoms in total. The van der Waals surface area contributed by atoms with E-state index < -0.39 is 11.9 Å². The molecule has 1 fully saturated rings. The second-order valence-electron chi connectivity index (χ2n) is 5.97. The Bertz CT molecular complexity index is 773. The summed E-state index contributed by atoms with van der Waals surface area (Å²) in [5, 5.41) is 12.4. The van der Waals surface area contributed by atoms with Crippen LogP contribution in [0.5, 0.6) is 5.75 Å². The molecule has 0 aromatic heterocycles. The number of hydrogen-bond acceptors (Lipinski definition) is 4. The summed E-state index contributed by atoms with van der Waals surface area (Å²) in [6.07, 6.45) is 0.495. The molecule has 1 amide bonds. The Balaban J connectivity index is 1.78. The van der Waals surface area contributed by atoms with Gasteiger partial charge >= 0.3 is 5.97 Å². The first-order chi connectivity index (χ1) is 12.1. The first-order valence-electron chi connectivity index (χ1n) is 8.10. The standard InChI is InChI=1S/C19H20N2O4/c1-25-15-8-6-14(7-9-15)20-17-5-3-2-4-16(17)18(22)21-11-10-13(12-21)19(23)24/h2-9,13,20H,10-12H2,1H3,(H,23,24). The van der Waals surface area contributed by atoms with E-state index >= 15 is 0 Å². The van der Waals surface area contributed by atoms with Gasteiger partial charge in [0.15, 0.2) is 0 Å². The van der Waals surface area contributed by atoms with E-state index in [-0.39, 0.29) is 12.5 Å². The van der Waals surface area contributed by atoms with Crippen molar-refractivity contribution in [1.29, 1.82) is 0 Å². The number of nitrogens with zero attached hydrogens (tertiary/aromatic N) is 1. The SMILES string of the molecule is COc1ccc(Nc2ccccc2C(=O)N2CCC(C(=O)O)C2)cc1. The molecule has 0 bridgehead atoms. The molecule has 1 atom stereocenters. The molecular formula is C19H20N2O4. The van der Waals surface area contributed by atoms with E-state index in [0.29, 0.717) is 24.2 Å². The largest absolute Gasteiger partial charge is 0.497 e. The van der Waals surface area contributed by atoms with Crippen LogP contribution in [-0.2, 0) is 4.79 Å². The number of benzene rings is 2. The molecular weight excluding hydrogens is 320 g/mol. The molecule has 0 radical (unpaired) electrons. The molecule has 1 aliphatic heterocycles. The van der Waals surface area contributed by atoms with E-state index in [1.165, 1.54) is 0 Å². The van der Waals surface area contributed by atoms with Crippen LogP contribution in [0.2, 0.25) is 0 Å². The Labute approximate surface area is 146 Å². The van der Waals surface area contributed by atoms with Crippen LogP contribution in [0.3, 0.4) is 0 Å². The number of hydrogen-bond donors (Lipinski definition) is 2. The van der Waals surface area contributed by atoms with E-state index in [9.17, 15) is 9.59 Å². The molecule has 6 heteroatoms. The Morgan fingerprint density at radius 3 is 2.52 bits per heavy atom. The fraction of sp³-hybridized carbons (Fsp3) is 0.263. The van der Waals surface area contributed by atoms with Crippen molar-refractivity contribution in [2.24, 2.45) is 5.92 Å².